The van der Waals surface area contributed by atoms with E-state index in [4.69, 9.17) is 0 Å². The quantitative estimate of drug-likeness (QED) is 0.705. The summed E-state index contributed by atoms with van der Waals surface area (Å²) in [5.74, 6) is 1.71. The number of anilines is 2. The van der Waals surface area contributed by atoms with Crippen molar-refractivity contribution in [3.8, 4) is 0 Å². The van der Waals surface area contributed by atoms with Crippen LogP contribution in [0.25, 0.3) is 5.65 Å². The van der Waals surface area contributed by atoms with Gasteiger partial charge in [-0.1, -0.05) is 6.92 Å². The van der Waals surface area contributed by atoms with Crippen molar-refractivity contribution in [2.75, 3.05) is 29.9 Å². The topological polar surface area (TPSA) is 75.3 Å². The molecular weight excluding hydrogens is 292 g/mol. The van der Waals surface area contributed by atoms with Crippen molar-refractivity contribution in [3.63, 3.8) is 0 Å². The summed E-state index contributed by atoms with van der Waals surface area (Å²) < 4.78 is 1.69. The zero-order chi connectivity index (χ0) is 15.8. The Kier molecular flexibility index (Phi) is 3.29. The minimum Gasteiger partial charge on any atom is -0.351 e. The van der Waals surface area contributed by atoms with E-state index >= 15 is 0 Å². The van der Waals surface area contributed by atoms with Crippen LogP contribution in [-0.4, -0.2) is 56.0 Å². The highest BCUT2D eigenvalue weighted by Crippen LogP contribution is 2.23. The molecule has 0 atom stereocenters. The van der Waals surface area contributed by atoms with Crippen LogP contribution in [0.3, 0.4) is 0 Å². The first-order chi connectivity index (χ1) is 11.2. The van der Waals surface area contributed by atoms with Crippen molar-refractivity contribution < 1.29 is 0 Å². The monoisotopic (exact) mass is 310 g/mol. The summed E-state index contributed by atoms with van der Waals surface area (Å²) >= 11 is 0. The Morgan fingerprint density at radius 3 is 2.74 bits per heavy atom. The van der Waals surface area contributed by atoms with Crippen molar-refractivity contribution in [2.24, 2.45) is 0 Å². The number of fused-ring (bicyclic) bond motifs is 1. The van der Waals surface area contributed by atoms with E-state index in [9.17, 15) is 0 Å². The predicted molar refractivity (Wildman–Crippen MR) is 86.6 cm³/mol. The molecule has 3 aromatic rings. The first-order valence-corrected chi connectivity index (χ1v) is 7.70. The van der Waals surface area contributed by atoms with Gasteiger partial charge in [0.2, 0.25) is 5.95 Å². The van der Waals surface area contributed by atoms with Crippen LogP contribution in [0.5, 0.6) is 0 Å². The highest BCUT2D eigenvalue weighted by atomic mass is 15.4. The lowest BCUT2D eigenvalue weighted by Gasteiger charge is -2.44. The van der Waals surface area contributed by atoms with Gasteiger partial charge < -0.3 is 9.80 Å². The third kappa shape index (κ3) is 2.45. The number of likely N-dealkylation sites (N-methyl/N-ethyl adjacent to an activating group) is 1. The molecule has 1 aliphatic rings. The number of hydrogen-bond acceptors (Lipinski definition) is 7. The molecule has 23 heavy (non-hydrogen) atoms. The molecule has 0 spiro atoms. The first kappa shape index (κ1) is 13.9. The predicted octanol–water partition coefficient (Wildman–Crippen LogP) is 0.802. The Morgan fingerprint density at radius 1 is 1.22 bits per heavy atom. The largest absolute Gasteiger partial charge is 0.351 e. The molecule has 4 heterocycles. The summed E-state index contributed by atoms with van der Waals surface area (Å²) in [5, 5.41) is 12.3. The summed E-state index contributed by atoms with van der Waals surface area (Å²) in [6, 6.07) is 4.30. The van der Waals surface area contributed by atoms with Gasteiger partial charge in [-0.2, -0.15) is 4.52 Å². The maximum Gasteiger partial charge on any atom is 0.225 e. The van der Waals surface area contributed by atoms with Gasteiger partial charge in [0.15, 0.2) is 5.65 Å². The second-order valence-corrected chi connectivity index (χ2v) is 5.74. The van der Waals surface area contributed by atoms with Gasteiger partial charge in [0.25, 0.3) is 0 Å². The van der Waals surface area contributed by atoms with Crippen LogP contribution in [0.2, 0.25) is 0 Å². The van der Waals surface area contributed by atoms with E-state index in [-0.39, 0.29) is 0 Å². The Morgan fingerprint density at radius 2 is 2.00 bits per heavy atom. The molecule has 0 N–H and O–H groups in total. The van der Waals surface area contributed by atoms with E-state index in [1.165, 1.54) is 0 Å². The van der Waals surface area contributed by atoms with Gasteiger partial charge in [0, 0.05) is 32.5 Å². The smallest absolute Gasteiger partial charge is 0.225 e. The third-order valence-electron chi connectivity index (χ3n) is 4.30. The zero-order valence-electron chi connectivity index (χ0n) is 13.2. The number of nitrogens with zero attached hydrogens (tertiary/aromatic N) is 8. The fourth-order valence-corrected chi connectivity index (χ4v) is 2.65. The van der Waals surface area contributed by atoms with Gasteiger partial charge in [-0.25, -0.2) is 9.97 Å². The van der Waals surface area contributed by atoms with Gasteiger partial charge in [-0.15, -0.1) is 15.3 Å². The minimum absolute atomic E-state index is 0.390. The fraction of sp³-hybridized carbons (Fsp3) is 0.400. The standard InChI is InChI=1S/C15H18N8/c1-3-11-6-16-15(17-7-11)21(2)12-8-22(9-12)14-5-4-13-19-18-10-23(13)20-14/h4-7,10,12H,3,8-9H2,1-2H3. The molecule has 4 rings (SSSR count). The summed E-state index contributed by atoms with van der Waals surface area (Å²) in [6.07, 6.45) is 6.37. The average molecular weight is 310 g/mol. The van der Waals surface area contributed by atoms with Crippen LogP contribution < -0.4 is 9.80 Å². The van der Waals surface area contributed by atoms with E-state index in [0.717, 1.165) is 42.5 Å². The number of rotatable bonds is 4. The van der Waals surface area contributed by atoms with Crippen molar-refractivity contribution in [3.05, 3.63) is 36.4 Å². The molecule has 0 amide bonds. The Labute approximate surface area is 133 Å². The van der Waals surface area contributed by atoms with Crippen LogP contribution in [0.4, 0.5) is 11.8 Å². The van der Waals surface area contributed by atoms with Crippen molar-refractivity contribution in [1.29, 1.82) is 0 Å². The molecule has 0 radical (unpaired) electrons. The summed E-state index contributed by atoms with van der Waals surface area (Å²) in [6.45, 7) is 3.90. The van der Waals surface area contributed by atoms with Crippen LogP contribution in [0, 0.1) is 0 Å². The van der Waals surface area contributed by atoms with Crippen LogP contribution in [0.15, 0.2) is 30.9 Å². The van der Waals surface area contributed by atoms with Gasteiger partial charge in [0.05, 0.1) is 6.04 Å². The van der Waals surface area contributed by atoms with Gasteiger partial charge >= 0.3 is 0 Å². The van der Waals surface area contributed by atoms with E-state index in [1.807, 2.05) is 31.6 Å². The first-order valence-electron chi connectivity index (χ1n) is 7.70. The van der Waals surface area contributed by atoms with Gasteiger partial charge in [-0.05, 0) is 24.1 Å². The molecule has 8 nitrogen and oxygen atoms in total. The normalized spacial score (nSPS) is 15.0. The number of aromatic nitrogens is 6. The summed E-state index contributed by atoms with van der Waals surface area (Å²) in [7, 11) is 2.04. The third-order valence-corrected chi connectivity index (χ3v) is 4.30. The Hall–Kier alpha value is -2.77. The molecule has 0 unspecified atom stereocenters. The molecule has 0 bridgehead atoms. The molecule has 1 saturated heterocycles. The van der Waals surface area contributed by atoms with Crippen LogP contribution in [-0.2, 0) is 6.42 Å². The van der Waals surface area contributed by atoms with E-state index < -0.39 is 0 Å². The molecule has 1 aliphatic heterocycles. The SMILES string of the molecule is CCc1cnc(N(C)C2CN(c3ccc4nncn4n3)C2)nc1. The molecule has 118 valence electrons. The lowest BCUT2D eigenvalue weighted by molar-refractivity contribution is 0.484. The lowest BCUT2D eigenvalue weighted by atomic mass is 10.1. The second kappa shape index (κ2) is 5.45. The van der Waals surface area contributed by atoms with E-state index in [2.05, 4.69) is 42.0 Å². The molecular formula is C15H18N8. The Bertz CT molecular complexity index is 806. The molecule has 8 heteroatoms. The van der Waals surface area contributed by atoms with Crippen molar-refractivity contribution >= 4 is 17.4 Å². The van der Waals surface area contributed by atoms with Crippen molar-refractivity contribution in [1.82, 2.24) is 29.8 Å². The zero-order valence-corrected chi connectivity index (χ0v) is 13.2. The Balaban J connectivity index is 1.43. The van der Waals surface area contributed by atoms with E-state index in [0.29, 0.717) is 6.04 Å². The van der Waals surface area contributed by atoms with Gasteiger partial charge in [0.1, 0.15) is 12.1 Å². The molecule has 0 aliphatic carbocycles. The lowest BCUT2D eigenvalue weighted by Crippen LogP contribution is -2.59. The minimum atomic E-state index is 0.390. The highest BCUT2D eigenvalue weighted by molar-refractivity contribution is 5.49. The molecule has 0 saturated carbocycles. The van der Waals surface area contributed by atoms with E-state index in [1.54, 1.807) is 10.8 Å². The second-order valence-electron chi connectivity index (χ2n) is 5.74. The molecule has 1 fully saturated rings. The maximum absolute atomic E-state index is 4.51. The number of aryl methyl sites for hydroxylation is 1. The maximum atomic E-state index is 4.51. The van der Waals surface area contributed by atoms with Gasteiger partial charge in [-0.3, -0.25) is 0 Å². The molecule has 3 aromatic heterocycles. The fourth-order valence-electron chi connectivity index (χ4n) is 2.65. The average Bonchev–Trinajstić information content (AvgIpc) is 3.01. The number of hydrogen-bond donors (Lipinski definition) is 0. The van der Waals surface area contributed by atoms with Crippen LogP contribution >= 0.6 is 0 Å². The summed E-state index contributed by atoms with van der Waals surface area (Å²) in [4.78, 5) is 13.2. The summed E-state index contributed by atoms with van der Waals surface area (Å²) in [5.41, 5.74) is 1.91. The molecule has 0 aromatic carbocycles. The van der Waals surface area contributed by atoms with Crippen LogP contribution in [0.1, 0.15) is 12.5 Å². The van der Waals surface area contributed by atoms with Crippen molar-refractivity contribution in [2.45, 2.75) is 19.4 Å². The highest BCUT2D eigenvalue weighted by Gasteiger charge is 2.32.